The molecular weight excluding hydrogens is 188 g/mol. The predicted octanol–water partition coefficient (Wildman–Crippen LogP) is 2.57. The van der Waals surface area contributed by atoms with E-state index in [9.17, 15) is 4.79 Å². The van der Waals surface area contributed by atoms with Crippen molar-refractivity contribution >= 4 is 5.91 Å². The van der Waals surface area contributed by atoms with Crippen molar-refractivity contribution in [3.05, 3.63) is 0 Å². The SMILES string of the molecule is CCCCCCC(=O)N(C)CC(C)C#N. The zero-order valence-corrected chi connectivity index (χ0v) is 10.1. The van der Waals surface area contributed by atoms with Gasteiger partial charge in [0.2, 0.25) is 5.91 Å². The number of amides is 1. The Balaban J connectivity index is 3.66. The minimum Gasteiger partial charge on any atom is -0.344 e. The summed E-state index contributed by atoms with van der Waals surface area (Å²) in [5.41, 5.74) is 0. The van der Waals surface area contributed by atoms with E-state index < -0.39 is 0 Å². The Morgan fingerprint density at radius 3 is 2.60 bits per heavy atom. The van der Waals surface area contributed by atoms with Crippen LogP contribution in [0.25, 0.3) is 0 Å². The van der Waals surface area contributed by atoms with Gasteiger partial charge in [-0.15, -0.1) is 0 Å². The summed E-state index contributed by atoms with van der Waals surface area (Å²) in [6.45, 7) is 4.53. The lowest BCUT2D eigenvalue weighted by molar-refractivity contribution is -0.130. The summed E-state index contributed by atoms with van der Waals surface area (Å²) in [6.07, 6.45) is 5.11. The third kappa shape index (κ3) is 6.96. The summed E-state index contributed by atoms with van der Waals surface area (Å²) in [5, 5.41) is 8.62. The first-order chi connectivity index (χ1) is 7.11. The Morgan fingerprint density at radius 1 is 1.40 bits per heavy atom. The minimum absolute atomic E-state index is 0.0745. The smallest absolute Gasteiger partial charge is 0.222 e. The molecule has 0 radical (unpaired) electrons. The molecule has 86 valence electrons. The summed E-state index contributed by atoms with van der Waals surface area (Å²) in [6, 6.07) is 2.13. The van der Waals surface area contributed by atoms with Crippen LogP contribution in [0.4, 0.5) is 0 Å². The van der Waals surface area contributed by atoms with Crippen LogP contribution < -0.4 is 0 Å². The largest absolute Gasteiger partial charge is 0.344 e. The highest BCUT2D eigenvalue weighted by molar-refractivity contribution is 5.75. The lowest BCUT2D eigenvalue weighted by Crippen LogP contribution is -2.30. The molecule has 0 heterocycles. The molecular formula is C12H22N2O. The molecule has 0 aliphatic heterocycles. The van der Waals surface area contributed by atoms with Gasteiger partial charge in [0.15, 0.2) is 0 Å². The van der Waals surface area contributed by atoms with Gasteiger partial charge in [0.25, 0.3) is 0 Å². The Kier molecular flexibility index (Phi) is 7.71. The van der Waals surface area contributed by atoms with E-state index in [1.165, 1.54) is 12.8 Å². The van der Waals surface area contributed by atoms with E-state index in [0.29, 0.717) is 13.0 Å². The first-order valence-corrected chi connectivity index (χ1v) is 5.75. The highest BCUT2D eigenvalue weighted by atomic mass is 16.2. The summed E-state index contributed by atoms with van der Waals surface area (Å²) in [5.74, 6) is 0.0859. The number of carbonyl (C=O) groups excluding carboxylic acids is 1. The first kappa shape index (κ1) is 14.0. The minimum atomic E-state index is -0.0745. The molecule has 3 nitrogen and oxygen atoms in total. The van der Waals surface area contributed by atoms with Gasteiger partial charge in [-0.05, 0) is 13.3 Å². The van der Waals surface area contributed by atoms with Crippen molar-refractivity contribution in [1.82, 2.24) is 4.90 Å². The second kappa shape index (κ2) is 8.28. The van der Waals surface area contributed by atoms with Crippen molar-refractivity contribution < 1.29 is 4.79 Å². The molecule has 0 fully saturated rings. The normalized spacial score (nSPS) is 11.9. The Hall–Kier alpha value is -1.04. The summed E-state index contributed by atoms with van der Waals surface area (Å²) in [4.78, 5) is 13.2. The van der Waals surface area contributed by atoms with Gasteiger partial charge >= 0.3 is 0 Å². The molecule has 0 aliphatic carbocycles. The Labute approximate surface area is 93.1 Å². The highest BCUT2D eigenvalue weighted by Gasteiger charge is 2.11. The molecule has 0 rings (SSSR count). The number of nitrogens with zero attached hydrogens (tertiary/aromatic N) is 2. The third-order valence-electron chi connectivity index (χ3n) is 2.44. The van der Waals surface area contributed by atoms with Crippen molar-refractivity contribution in [1.29, 1.82) is 5.26 Å². The molecule has 0 aliphatic rings. The maximum Gasteiger partial charge on any atom is 0.222 e. The van der Waals surface area contributed by atoms with E-state index in [0.717, 1.165) is 12.8 Å². The molecule has 1 unspecified atom stereocenters. The molecule has 0 aromatic carbocycles. The maximum absolute atomic E-state index is 11.6. The van der Waals surface area contributed by atoms with Gasteiger partial charge in [-0.1, -0.05) is 26.2 Å². The molecule has 1 atom stereocenters. The fraction of sp³-hybridized carbons (Fsp3) is 0.833. The first-order valence-electron chi connectivity index (χ1n) is 5.75. The van der Waals surface area contributed by atoms with Gasteiger partial charge in [0, 0.05) is 20.0 Å². The van der Waals surface area contributed by atoms with Crippen LogP contribution in [0, 0.1) is 17.2 Å². The van der Waals surface area contributed by atoms with Crippen LogP contribution in [0.2, 0.25) is 0 Å². The fourth-order valence-electron chi connectivity index (χ4n) is 1.45. The van der Waals surface area contributed by atoms with Crippen molar-refractivity contribution in [2.24, 2.45) is 5.92 Å². The number of unbranched alkanes of at least 4 members (excludes halogenated alkanes) is 3. The zero-order valence-electron chi connectivity index (χ0n) is 10.1. The van der Waals surface area contributed by atoms with Gasteiger partial charge in [0.05, 0.1) is 12.0 Å². The topological polar surface area (TPSA) is 44.1 Å². The van der Waals surface area contributed by atoms with E-state index >= 15 is 0 Å². The second-order valence-corrected chi connectivity index (χ2v) is 4.12. The fourth-order valence-corrected chi connectivity index (χ4v) is 1.45. The van der Waals surface area contributed by atoms with E-state index in [1.54, 1.807) is 11.9 Å². The van der Waals surface area contributed by atoms with Gasteiger partial charge in [-0.2, -0.15) is 5.26 Å². The van der Waals surface area contributed by atoms with Crippen molar-refractivity contribution in [3.8, 4) is 6.07 Å². The molecule has 0 bridgehead atoms. The quantitative estimate of drug-likeness (QED) is 0.606. The molecule has 0 N–H and O–H groups in total. The van der Waals surface area contributed by atoms with Crippen molar-refractivity contribution in [2.45, 2.75) is 46.0 Å². The van der Waals surface area contributed by atoms with Crippen molar-refractivity contribution in [2.75, 3.05) is 13.6 Å². The van der Waals surface area contributed by atoms with Gasteiger partial charge in [0.1, 0.15) is 0 Å². The average molecular weight is 210 g/mol. The summed E-state index contributed by atoms with van der Waals surface area (Å²) < 4.78 is 0. The third-order valence-corrected chi connectivity index (χ3v) is 2.44. The van der Waals surface area contributed by atoms with Gasteiger partial charge < -0.3 is 4.90 Å². The van der Waals surface area contributed by atoms with Crippen LogP contribution in [-0.2, 0) is 4.79 Å². The van der Waals surface area contributed by atoms with Crippen LogP contribution >= 0.6 is 0 Å². The summed E-state index contributed by atoms with van der Waals surface area (Å²) >= 11 is 0. The van der Waals surface area contributed by atoms with Crippen molar-refractivity contribution in [3.63, 3.8) is 0 Å². The van der Waals surface area contributed by atoms with Crippen LogP contribution in [-0.4, -0.2) is 24.4 Å². The molecule has 0 spiro atoms. The number of carbonyl (C=O) groups is 1. The molecule has 0 saturated heterocycles. The average Bonchev–Trinajstić information content (AvgIpc) is 2.23. The van der Waals surface area contributed by atoms with Crippen LogP contribution in [0.3, 0.4) is 0 Å². The number of hydrogen-bond acceptors (Lipinski definition) is 2. The standard InChI is InChI=1S/C12H22N2O/c1-4-5-6-7-8-12(15)14(3)10-11(2)9-13/h11H,4-8,10H2,1-3H3. The zero-order chi connectivity index (χ0) is 11.7. The van der Waals surface area contributed by atoms with E-state index in [2.05, 4.69) is 13.0 Å². The molecule has 0 aromatic heterocycles. The summed E-state index contributed by atoms with van der Waals surface area (Å²) in [7, 11) is 1.77. The van der Waals surface area contributed by atoms with Crippen LogP contribution in [0.1, 0.15) is 46.0 Å². The molecule has 0 aromatic rings. The highest BCUT2D eigenvalue weighted by Crippen LogP contribution is 2.05. The molecule has 3 heteroatoms. The monoisotopic (exact) mass is 210 g/mol. The number of hydrogen-bond donors (Lipinski definition) is 0. The molecule has 15 heavy (non-hydrogen) atoms. The van der Waals surface area contributed by atoms with Gasteiger partial charge in [-0.3, -0.25) is 4.79 Å². The number of nitriles is 1. The lowest BCUT2D eigenvalue weighted by Gasteiger charge is -2.18. The van der Waals surface area contributed by atoms with Crippen LogP contribution in [0.5, 0.6) is 0 Å². The van der Waals surface area contributed by atoms with E-state index in [4.69, 9.17) is 5.26 Å². The Morgan fingerprint density at radius 2 is 2.07 bits per heavy atom. The maximum atomic E-state index is 11.6. The lowest BCUT2D eigenvalue weighted by atomic mass is 10.1. The number of rotatable bonds is 7. The van der Waals surface area contributed by atoms with E-state index in [-0.39, 0.29) is 11.8 Å². The molecule has 1 amide bonds. The van der Waals surface area contributed by atoms with Crippen LogP contribution in [0.15, 0.2) is 0 Å². The Bertz CT molecular complexity index is 220. The van der Waals surface area contributed by atoms with E-state index in [1.807, 2.05) is 6.92 Å². The molecule has 0 saturated carbocycles. The second-order valence-electron chi connectivity index (χ2n) is 4.12. The van der Waals surface area contributed by atoms with Gasteiger partial charge in [-0.25, -0.2) is 0 Å². The predicted molar refractivity (Wildman–Crippen MR) is 61.2 cm³/mol.